The highest BCUT2D eigenvalue weighted by Gasteiger charge is 2.34. The first-order valence-electron chi connectivity index (χ1n) is 8.84. The van der Waals surface area contributed by atoms with Gasteiger partial charge in [-0.15, -0.1) is 0 Å². The van der Waals surface area contributed by atoms with Gasteiger partial charge in [0.2, 0.25) is 0 Å². The van der Waals surface area contributed by atoms with E-state index in [9.17, 15) is 0 Å². The van der Waals surface area contributed by atoms with Gasteiger partial charge in [0.15, 0.2) is 0 Å². The lowest BCUT2D eigenvalue weighted by atomic mass is 9.67. The van der Waals surface area contributed by atoms with E-state index in [1.54, 1.807) is 0 Å². The maximum atomic E-state index is 6.19. The molecule has 3 nitrogen and oxygen atoms in total. The summed E-state index contributed by atoms with van der Waals surface area (Å²) >= 11 is 0. The first kappa shape index (κ1) is 16.5. The van der Waals surface area contributed by atoms with Crippen LogP contribution in [0, 0.1) is 11.3 Å². The van der Waals surface area contributed by atoms with Gasteiger partial charge in [0.1, 0.15) is 0 Å². The van der Waals surface area contributed by atoms with Crippen molar-refractivity contribution < 1.29 is 0 Å². The molecule has 0 aromatic carbocycles. The fraction of sp³-hybridized carbons (Fsp3) is 0.833. The third-order valence-corrected chi connectivity index (χ3v) is 5.51. The normalized spacial score (nSPS) is 26.2. The van der Waals surface area contributed by atoms with Crippen molar-refractivity contribution in [1.82, 2.24) is 9.78 Å². The van der Waals surface area contributed by atoms with Crippen LogP contribution in [0.2, 0.25) is 0 Å². The molecule has 0 spiro atoms. The molecular weight excluding hydrogens is 258 g/mol. The summed E-state index contributed by atoms with van der Waals surface area (Å²) < 4.78 is 2.07. The van der Waals surface area contributed by atoms with E-state index in [2.05, 4.69) is 36.7 Å². The van der Waals surface area contributed by atoms with Gasteiger partial charge in [-0.05, 0) is 62.5 Å². The lowest BCUT2D eigenvalue weighted by molar-refractivity contribution is 0.147. The summed E-state index contributed by atoms with van der Waals surface area (Å²) in [7, 11) is 2.07. The molecule has 0 atom stereocenters. The molecule has 0 aliphatic heterocycles. The molecule has 0 bridgehead atoms. The smallest absolute Gasteiger partial charge is 0.0624 e. The summed E-state index contributed by atoms with van der Waals surface area (Å²) in [6, 6.07) is 2.28. The Balaban J connectivity index is 1.98. The van der Waals surface area contributed by atoms with E-state index in [0.29, 0.717) is 5.41 Å². The second-order valence-corrected chi connectivity index (χ2v) is 7.07. The van der Waals surface area contributed by atoms with Gasteiger partial charge in [-0.1, -0.05) is 33.1 Å². The molecule has 3 heteroatoms. The number of nitrogens with two attached hydrogens (primary N) is 1. The highest BCUT2D eigenvalue weighted by atomic mass is 15.3. The predicted molar refractivity (Wildman–Crippen MR) is 89.3 cm³/mol. The van der Waals surface area contributed by atoms with Crippen LogP contribution in [0.3, 0.4) is 0 Å². The molecule has 21 heavy (non-hydrogen) atoms. The number of hydrogen-bond acceptors (Lipinski definition) is 2. The number of rotatable bonds is 7. The standard InChI is InChI=1S/C18H33N3/c1-4-6-7-15-8-10-18(14-19,11-9-15)13-17-12-16(5-2)20-21(17)3/h12,15H,4-11,13-14,19H2,1-3H3. The van der Waals surface area contributed by atoms with Gasteiger partial charge in [-0.25, -0.2) is 0 Å². The van der Waals surface area contributed by atoms with E-state index in [-0.39, 0.29) is 0 Å². The lowest BCUT2D eigenvalue weighted by Crippen LogP contribution is -2.37. The van der Waals surface area contributed by atoms with Crippen molar-refractivity contribution in [2.24, 2.45) is 24.1 Å². The van der Waals surface area contributed by atoms with Crippen molar-refractivity contribution in [3.05, 3.63) is 17.5 Å². The Morgan fingerprint density at radius 1 is 1.33 bits per heavy atom. The topological polar surface area (TPSA) is 43.8 Å². The SMILES string of the molecule is CCCCC1CCC(CN)(Cc2cc(CC)nn2C)CC1. The molecule has 0 saturated heterocycles. The fourth-order valence-corrected chi connectivity index (χ4v) is 3.82. The average molecular weight is 291 g/mol. The van der Waals surface area contributed by atoms with Crippen LogP contribution in [0.25, 0.3) is 0 Å². The second kappa shape index (κ2) is 7.44. The zero-order chi connectivity index (χ0) is 15.3. The maximum absolute atomic E-state index is 6.19. The van der Waals surface area contributed by atoms with E-state index in [1.165, 1.54) is 56.3 Å². The van der Waals surface area contributed by atoms with Crippen LogP contribution < -0.4 is 5.73 Å². The number of hydrogen-bond donors (Lipinski definition) is 1. The van der Waals surface area contributed by atoms with E-state index in [4.69, 9.17) is 5.73 Å². The summed E-state index contributed by atoms with van der Waals surface area (Å²) in [5.74, 6) is 0.947. The summed E-state index contributed by atoms with van der Waals surface area (Å²) in [6.45, 7) is 5.28. The van der Waals surface area contributed by atoms with Gasteiger partial charge >= 0.3 is 0 Å². The Bertz CT molecular complexity index is 428. The van der Waals surface area contributed by atoms with Gasteiger partial charge in [0.05, 0.1) is 5.69 Å². The third-order valence-electron chi connectivity index (χ3n) is 5.51. The van der Waals surface area contributed by atoms with E-state index >= 15 is 0 Å². The molecule has 1 saturated carbocycles. The van der Waals surface area contributed by atoms with Gasteiger partial charge in [0, 0.05) is 12.7 Å². The number of nitrogens with zero attached hydrogens (tertiary/aromatic N) is 2. The third kappa shape index (κ3) is 4.09. The summed E-state index contributed by atoms with van der Waals surface area (Å²) in [5, 5.41) is 4.59. The van der Waals surface area contributed by atoms with Crippen molar-refractivity contribution in [1.29, 1.82) is 0 Å². The summed E-state index contributed by atoms with van der Waals surface area (Å²) in [6.07, 6.45) is 11.6. The van der Waals surface area contributed by atoms with Gasteiger partial charge < -0.3 is 5.73 Å². The molecule has 1 aliphatic carbocycles. The molecule has 1 fully saturated rings. The van der Waals surface area contributed by atoms with Crippen LogP contribution in [0.4, 0.5) is 0 Å². The largest absolute Gasteiger partial charge is 0.330 e. The van der Waals surface area contributed by atoms with Gasteiger partial charge in [-0.3, -0.25) is 4.68 Å². The van der Waals surface area contributed by atoms with Crippen LogP contribution in [-0.4, -0.2) is 16.3 Å². The van der Waals surface area contributed by atoms with Gasteiger partial charge in [0.25, 0.3) is 0 Å². The Labute approximate surface area is 130 Å². The second-order valence-electron chi connectivity index (χ2n) is 7.07. The highest BCUT2D eigenvalue weighted by molar-refractivity contribution is 5.13. The minimum atomic E-state index is 0.321. The molecule has 0 amide bonds. The molecular formula is C18H33N3. The zero-order valence-corrected chi connectivity index (χ0v) is 14.2. The van der Waals surface area contributed by atoms with Crippen LogP contribution in [-0.2, 0) is 19.9 Å². The number of aromatic nitrogens is 2. The number of unbranched alkanes of at least 4 members (excludes halogenated alkanes) is 1. The molecule has 2 rings (SSSR count). The van der Waals surface area contributed by atoms with E-state index < -0.39 is 0 Å². The van der Waals surface area contributed by atoms with E-state index in [1.807, 2.05) is 0 Å². The Kier molecular flexibility index (Phi) is 5.86. The van der Waals surface area contributed by atoms with Crippen molar-refractivity contribution in [3.8, 4) is 0 Å². The summed E-state index contributed by atoms with van der Waals surface area (Å²) in [4.78, 5) is 0. The monoisotopic (exact) mass is 291 g/mol. The van der Waals surface area contributed by atoms with Crippen LogP contribution in [0.15, 0.2) is 6.07 Å². The molecule has 1 heterocycles. The molecule has 0 radical (unpaired) electrons. The fourth-order valence-electron chi connectivity index (χ4n) is 3.82. The van der Waals surface area contributed by atoms with Crippen LogP contribution in [0.1, 0.15) is 70.2 Å². The van der Waals surface area contributed by atoms with Crippen LogP contribution in [0.5, 0.6) is 0 Å². The number of aryl methyl sites for hydroxylation is 2. The maximum Gasteiger partial charge on any atom is 0.0624 e. The van der Waals surface area contributed by atoms with Crippen molar-refractivity contribution in [3.63, 3.8) is 0 Å². The quantitative estimate of drug-likeness (QED) is 0.829. The molecule has 2 N–H and O–H groups in total. The predicted octanol–water partition coefficient (Wildman–Crippen LogP) is 3.85. The van der Waals surface area contributed by atoms with Gasteiger partial charge in [-0.2, -0.15) is 5.10 Å². The van der Waals surface area contributed by atoms with Crippen LogP contribution >= 0.6 is 0 Å². The van der Waals surface area contributed by atoms with Crippen molar-refractivity contribution >= 4 is 0 Å². The lowest BCUT2D eigenvalue weighted by Gasteiger charge is -2.39. The summed E-state index contributed by atoms with van der Waals surface area (Å²) in [5.41, 5.74) is 9.08. The zero-order valence-electron chi connectivity index (χ0n) is 14.2. The van der Waals surface area contributed by atoms with Crippen molar-refractivity contribution in [2.75, 3.05) is 6.54 Å². The van der Waals surface area contributed by atoms with E-state index in [0.717, 1.165) is 25.3 Å². The molecule has 1 aromatic heterocycles. The van der Waals surface area contributed by atoms with Crippen molar-refractivity contribution in [2.45, 2.75) is 71.6 Å². The molecule has 0 unspecified atom stereocenters. The highest BCUT2D eigenvalue weighted by Crippen LogP contribution is 2.42. The first-order chi connectivity index (χ1) is 10.1. The minimum absolute atomic E-state index is 0.321. The Morgan fingerprint density at radius 2 is 2.05 bits per heavy atom. The average Bonchev–Trinajstić information content (AvgIpc) is 2.86. The Hall–Kier alpha value is -0.830. The first-order valence-corrected chi connectivity index (χ1v) is 8.84. The molecule has 120 valence electrons. The molecule has 1 aromatic rings. The molecule has 1 aliphatic rings. The Morgan fingerprint density at radius 3 is 2.57 bits per heavy atom. The minimum Gasteiger partial charge on any atom is -0.330 e.